The SMILES string of the molecule is O=C(C1CCC1)N1CCCCC1c1noc(COCc2ccccc2)n1. The first-order valence-electron chi connectivity index (χ1n) is 9.56. The number of piperidine rings is 1. The van der Waals surface area contributed by atoms with Crippen LogP contribution in [-0.4, -0.2) is 27.5 Å². The van der Waals surface area contributed by atoms with Gasteiger partial charge in [0.15, 0.2) is 5.82 Å². The number of ether oxygens (including phenoxy) is 1. The summed E-state index contributed by atoms with van der Waals surface area (Å²) in [7, 11) is 0. The number of aromatic nitrogens is 2. The zero-order chi connectivity index (χ0) is 17.8. The molecule has 2 heterocycles. The number of amides is 1. The molecule has 0 spiro atoms. The highest BCUT2D eigenvalue weighted by molar-refractivity contribution is 5.80. The Kier molecular flexibility index (Phi) is 5.29. The Hall–Kier alpha value is -2.21. The number of carbonyl (C=O) groups is 1. The predicted molar refractivity (Wildman–Crippen MR) is 94.9 cm³/mol. The smallest absolute Gasteiger partial charge is 0.252 e. The summed E-state index contributed by atoms with van der Waals surface area (Å²) in [5.74, 6) is 1.57. The fourth-order valence-corrected chi connectivity index (χ4v) is 3.65. The molecule has 1 saturated heterocycles. The molecule has 138 valence electrons. The standard InChI is InChI=1S/C20H25N3O3/c24-20(16-9-6-10-16)23-12-5-4-11-17(23)19-21-18(26-22-19)14-25-13-15-7-2-1-3-8-15/h1-3,7-8,16-17H,4-6,9-14H2. The van der Waals surface area contributed by atoms with Gasteiger partial charge in [0.05, 0.1) is 12.6 Å². The molecule has 0 N–H and O–H groups in total. The molecule has 4 rings (SSSR count). The molecule has 1 aliphatic carbocycles. The van der Waals surface area contributed by atoms with Crippen molar-refractivity contribution in [3.8, 4) is 0 Å². The van der Waals surface area contributed by atoms with Gasteiger partial charge in [-0.2, -0.15) is 4.98 Å². The lowest BCUT2D eigenvalue weighted by Gasteiger charge is -2.38. The molecule has 6 nitrogen and oxygen atoms in total. The maximum Gasteiger partial charge on any atom is 0.252 e. The third kappa shape index (κ3) is 3.80. The van der Waals surface area contributed by atoms with Crippen LogP contribution in [0.2, 0.25) is 0 Å². The monoisotopic (exact) mass is 355 g/mol. The highest BCUT2D eigenvalue weighted by atomic mass is 16.5. The molecule has 0 radical (unpaired) electrons. The summed E-state index contributed by atoms with van der Waals surface area (Å²) >= 11 is 0. The van der Waals surface area contributed by atoms with Crippen LogP contribution in [0.15, 0.2) is 34.9 Å². The van der Waals surface area contributed by atoms with Crippen molar-refractivity contribution in [1.29, 1.82) is 0 Å². The van der Waals surface area contributed by atoms with Crippen molar-refractivity contribution in [3.05, 3.63) is 47.6 Å². The molecule has 1 amide bonds. The van der Waals surface area contributed by atoms with E-state index in [0.29, 0.717) is 18.3 Å². The van der Waals surface area contributed by atoms with Crippen molar-refractivity contribution in [2.45, 2.75) is 57.8 Å². The number of likely N-dealkylation sites (tertiary alicyclic amines) is 1. The topological polar surface area (TPSA) is 68.5 Å². The summed E-state index contributed by atoms with van der Waals surface area (Å²) in [4.78, 5) is 19.2. The number of carbonyl (C=O) groups excluding carboxylic acids is 1. The van der Waals surface area contributed by atoms with Crippen molar-refractivity contribution in [2.24, 2.45) is 5.92 Å². The fraction of sp³-hybridized carbons (Fsp3) is 0.550. The second-order valence-electron chi connectivity index (χ2n) is 7.20. The lowest BCUT2D eigenvalue weighted by molar-refractivity contribution is -0.142. The summed E-state index contributed by atoms with van der Waals surface area (Å²) in [5, 5.41) is 4.14. The van der Waals surface area contributed by atoms with E-state index in [1.165, 1.54) is 6.42 Å². The van der Waals surface area contributed by atoms with Gasteiger partial charge in [0.25, 0.3) is 5.89 Å². The second kappa shape index (κ2) is 7.99. The summed E-state index contributed by atoms with van der Waals surface area (Å²) in [6, 6.07) is 9.94. The summed E-state index contributed by atoms with van der Waals surface area (Å²) < 4.78 is 11.0. The maximum absolute atomic E-state index is 12.7. The van der Waals surface area contributed by atoms with Crippen LogP contribution in [0.1, 0.15) is 61.8 Å². The van der Waals surface area contributed by atoms with Crippen LogP contribution in [0.5, 0.6) is 0 Å². The van der Waals surface area contributed by atoms with Gasteiger partial charge in [0.2, 0.25) is 5.91 Å². The normalized spacial score (nSPS) is 20.8. The molecular weight excluding hydrogens is 330 g/mol. The van der Waals surface area contributed by atoms with Crippen LogP contribution < -0.4 is 0 Å². The van der Waals surface area contributed by atoms with E-state index in [2.05, 4.69) is 10.1 Å². The zero-order valence-electron chi connectivity index (χ0n) is 15.0. The van der Waals surface area contributed by atoms with Crippen molar-refractivity contribution in [2.75, 3.05) is 6.54 Å². The minimum Gasteiger partial charge on any atom is -0.367 e. The zero-order valence-corrected chi connectivity index (χ0v) is 15.0. The van der Waals surface area contributed by atoms with E-state index in [9.17, 15) is 4.79 Å². The molecule has 6 heteroatoms. The van der Waals surface area contributed by atoms with Gasteiger partial charge >= 0.3 is 0 Å². The second-order valence-corrected chi connectivity index (χ2v) is 7.20. The Morgan fingerprint density at radius 2 is 1.96 bits per heavy atom. The molecular formula is C20H25N3O3. The predicted octanol–water partition coefficient (Wildman–Crippen LogP) is 3.64. The van der Waals surface area contributed by atoms with Gasteiger partial charge in [-0.05, 0) is 37.7 Å². The first-order valence-corrected chi connectivity index (χ1v) is 9.56. The van der Waals surface area contributed by atoms with Gasteiger partial charge < -0.3 is 14.2 Å². The third-order valence-corrected chi connectivity index (χ3v) is 5.36. The molecule has 1 aliphatic heterocycles. The van der Waals surface area contributed by atoms with Crippen LogP contribution in [0.4, 0.5) is 0 Å². The summed E-state index contributed by atoms with van der Waals surface area (Å²) in [6.45, 7) is 1.59. The number of hydrogen-bond acceptors (Lipinski definition) is 5. The van der Waals surface area contributed by atoms with E-state index in [1.807, 2.05) is 35.2 Å². The molecule has 2 fully saturated rings. The molecule has 26 heavy (non-hydrogen) atoms. The van der Waals surface area contributed by atoms with E-state index in [4.69, 9.17) is 9.26 Å². The van der Waals surface area contributed by atoms with E-state index in [0.717, 1.165) is 44.2 Å². The van der Waals surface area contributed by atoms with Crippen molar-refractivity contribution >= 4 is 5.91 Å². The number of hydrogen-bond donors (Lipinski definition) is 0. The van der Waals surface area contributed by atoms with Gasteiger partial charge in [-0.1, -0.05) is 41.9 Å². The average molecular weight is 355 g/mol. The molecule has 0 bridgehead atoms. The van der Waals surface area contributed by atoms with Gasteiger partial charge in [-0.15, -0.1) is 0 Å². The fourth-order valence-electron chi connectivity index (χ4n) is 3.65. The minimum absolute atomic E-state index is 0.0523. The van der Waals surface area contributed by atoms with Crippen LogP contribution in [0.25, 0.3) is 0 Å². The molecule has 1 unspecified atom stereocenters. The van der Waals surface area contributed by atoms with E-state index in [1.54, 1.807) is 0 Å². The van der Waals surface area contributed by atoms with Gasteiger partial charge in [0, 0.05) is 12.5 Å². The average Bonchev–Trinajstić information content (AvgIpc) is 3.10. The molecule has 1 atom stereocenters. The lowest BCUT2D eigenvalue weighted by atomic mass is 9.83. The first-order chi connectivity index (χ1) is 12.8. The highest BCUT2D eigenvalue weighted by Gasteiger charge is 2.36. The minimum atomic E-state index is -0.0523. The molecule has 2 aromatic rings. The van der Waals surface area contributed by atoms with Crippen LogP contribution in [0, 0.1) is 5.92 Å². The molecule has 1 aromatic carbocycles. The Morgan fingerprint density at radius 3 is 2.73 bits per heavy atom. The van der Waals surface area contributed by atoms with Crippen LogP contribution in [0.3, 0.4) is 0 Å². The van der Waals surface area contributed by atoms with Crippen molar-refractivity contribution in [1.82, 2.24) is 15.0 Å². The van der Waals surface area contributed by atoms with Gasteiger partial charge in [0.1, 0.15) is 6.61 Å². The van der Waals surface area contributed by atoms with Gasteiger partial charge in [-0.3, -0.25) is 4.79 Å². The Labute approximate surface area is 153 Å². The maximum atomic E-state index is 12.7. The molecule has 1 saturated carbocycles. The van der Waals surface area contributed by atoms with Gasteiger partial charge in [-0.25, -0.2) is 0 Å². The van der Waals surface area contributed by atoms with E-state index >= 15 is 0 Å². The third-order valence-electron chi connectivity index (χ3n) is 5.36. The van der Waals surface area contributed by atoms with Crippen molar-refractivity contribution < 1.29 is 14.1 Å². The number of benzene rings is 1. The number of nitrogens with zero attached hydrogens (tertiary/aromatic N) is 3. The van der Waals surface area contributed by atoms with Crippen LogP contribution >= 0.6 is 0 Å². The van der Waals surface area contributed by atoms with E-state index < -0.39 is 0 Å². The van der Waals surface area contributed by atoms with Crippen molar-refractivity contribution in [3.63, 3.8) is 0 Å². The Morgan fingerprint density at radius 1 is 1.12 bits per heavy atom. The number of rotatable bonds is 6. The Bertz CT molecular complexity index is 727. The largest absolute Gasteiger partial charge is 0.367 e. The Balaban J connectivity index is 1.36. The summed E-state index contributed by atoms with van der Waals surface area (Å²) in [5.41, 5.74) is 1.11. The molecule has 1 aromatic heterocycles. The van der Waals surface area contributed by atoms with Crippen LogP contribution in [-0.2, 0) is 22.7 Å². The van der Waals surface area contributed by atoms with E-state index in [-0.39, 0.29) is 24.5 Å². The molecule has 2 aliphatic rings. The quantitative estimate of drug-likeness (QED) is 0.791. The first kappa shape index (κ1) is 17.2. The highest BCUT2D eigenvalue weighted by Crippen LogP contribution is 2.35. The lowest BCUT2D eigenvalue weighted by Crippen LogP contribution is -2.44. The summed E-state index contributed by atoms with van der Waals surface area (Å²) in [6.07, 6.45) is 6.26.